The Morgan fingerprint density at radius 3 is 2.43 bits per heavy atom. The molecule has 2 aromatic heterocycles. The Bertz CT molecular complexity index is 1330. The van der Waals surface area contributed by atoms with Crippen molar-refractivity contribution in [2.75, 3.05) is 17.7 Å². The summed E-state index contributed by atoms with van der Waals surface area (Å²) in [7, 11) is 1.38. The first kappa shape index (κ1) is 25.9. The van der Waals surface area contributed by atoms with E-state index >= 15 is 0 Å². The smallest absolute Gasteiger partial charge is 0.369 e. The molecule has 1 aliphatic carbocycles. The average molecular weight is 515 g/mol. The normalized spacial score (nSPS) is 13.7. The van der Waals surface area contributed by atoms with Gasteiger partial charge >= 0.3 is 6.10 Å². The van der Waals surface area contributed by atoms with E-state index in [1.807, 2.05) is 0 Å². The number of benzene rings is 1. The largest absolute Gasteiger partial charge is 0.494 e. The number of carbonyl (C=O) groups is 2. The lowest BCUT2D eigenvalue weighted by molar-refractivity contribution is -0.323. The maximum Gasteiger partial charge on any atom is 0.369 e. The van der Waals surface area contributed by atoms with Gasteiger partial charge in [-0.05, 0) is 38.8 Å². The number of nitrogens with one attached hydrogen (secondary N) is 3. The number of hydrogen-bond donors (Lipinski definition) is 7. The molecule has 1 saturated carbocycles. The number of ether oxygens (including phenoxy) is 1. The predicted molar refractivity (Wildman–Crippen MR) is 125 cm³/mol. The van der Waals surface area contributed by atoms with E-state index in [4.69, 9.17) is 24.6 Å². The first-order valence-electron chi connectivity index (χ1n) is 11.0. The van der Waals surface area contributed by atoms with Crippen LogP contribution in [0.2, 0.25) is 0 Å². The molecular weight excluding hydrogens is 490 g/mol. The molecule has 7 N–H and O–H groups in total. The molecule has 3 aromatic rings. The number of aliphatic hydroxyl groups is 4. The summed E-state index contributed by atoms with van der Waals surface area (Å²) in [5, 5.41) is 56.1. The SMILES string of the molecule is COc1c(Nc2cc(NC(=O)C3CC3)nnc2C(=O)NC(O)(O)O)cccc1-c1nc(C(C)(C)O)no1. The van der Waals surface area contributed by atoms with Crippen molar-refractivity contribution >= 4 is 29.0 Å². The van der Waals surface area contributed by atoms with E-state index in [0.29, 0.717) is 5.56 Å². The number of methoxy groups -OCH3 is 1. The zero-order valence-electron chi connectivity index (χ0n) is 20.0. The summed E-state index contributed by atoms with van der Waals surface area (Å²) in [4.78, 5) is 29.0. The highest BCUT2D eigenvalue weighted by Crippen LogP contribution is 2.38. The Labute approximate surface area is 209 Å². The number of carbonyl (C=O) groups excluding carboxylic acids is 2. The summed E-state index contributed by atoms with van der Waals surface area (Å²) in [5.41, 5.74) is -1.18. The lowest BCUT2D eigenvalue weighted by Gasteiger charge is -2.18. The monoisotopic (exact) mass is 515 g/mol. The van der Waals surface area contributed by atoms with Crippen LogP contribution in [0.1, 0.15) is 43.0 Å². The summed E-state index contributed by atoms with van der Waals surface area (Å²) in [6.45, 7) is 3.00. The van der Waals surface area contributed by atoms with Crippen molar-refractivity contribution < 1.29 is 39.3 Å². The molecule has 196 valence electrons. The molecule has 0 atom stereocenters. The van der Waals surface area contributed by atoms with Crippen molar-refractivity contribution in [3.05, 3.63) is 35.8 Å². The predicted octanol–water partition coefficient (Wildman–Crippen LogP) is 0.173. The van der Waals surface area contributed by atoms with Crippen LogP contribution in [0.5, 0.6) is 5.75 Å². The molecule has 0 radical (unpaired) electrons. The summed E-state index contributed by atoms with van der Waals surface area (Å²) in [5.74, 6) is -1.23. The number of para-hydroxylation sites is 1. The second-order valence-electron chi connectivity index (χ2n) is 8.84. The van der Waals surface area contributed by atoms with E-state index in [2.05, 4.69) is 31.0 Å². The number of hydrogen-bond acceptors (Lipinski definition) is 13. The van der Waals surface area contributed by atoms with Gasteiger partial charge in [0.1, 0.15) is 5.60 Å². The molecule has 1 aromatic carbocycles. The molecule has 4 rings (SSSR count). The first-order chi connectivity index (χ1) is 17.4. The minimum absolute atomic E-state index is 0.0268. The van der Waals surface area contributed by atoms with Crippen molar-refractivity contribution in [2.45, 2.75) is 38.4 Å². The number of anilines is 3. The van der Waals surface area contributed by atoms with Crippen molar-refractivity contribution in [3.8, 4) is 17.2 Å². The highest BCUT2D eigenvalue weighted by molar-refractivity contribution is 6.00. The molecule has 0 bridgehead atoms. The molecule has 15 nitrogen and oxygen atoms in total. The Morgan fingerprint density at radius 1 is 1.11 bits per heavy atom. The van der Waals surface area contributed by atoms with Gasteiger partial charge in [0.25, 0.3) is 11.8 Å². The van der Waals surface area contributed by atoms with Gasteiger partial charge in [-0.1, -0.05) is 11.2 Å². The van der Waals surface area contributed by atoms with Crippen molar-refractivity contribution in [1.29, 1.82) is 0 Å². The number of rotatable bonds is 9. The summed E-state index contributed by atoms with van der Waals surface area (Å²) >= 11 is 0. The third-order valence-electron chi connectivity index (χ3n) is 5.18. The highest BCUT2D eigenvalue weighted by Gasteiger charge is 2.31. The Morgan fingerprint density at radius 2 is 1.84 bits per heavy atom. The lowest BCUT2D eigenvalue weighted by atomic mass is 10.1. The fraction of sp³-hybridized carbons (Fsp3) is 0.364. The molecule has 2 heterocycles. The zero-order chi connectivity index (χ0) is 27.0. The lowest BCUT2D eigenvalue weighted by Crippen LogP contribution is -2.48. The topological polar surface area (TPSA) is 225 Å². The van der Waals surface area contributed by atoms with Gasteiger partial charge in [-0.2, -0.15) is 4.98 Å². The first-order valence-corrected chi connectivity index (χ1v) is 11.0. The molecule has 0 spiro atoms. The van der Waals surface area contributed by atoms with Gasteiger partial charge in [-0.15, -0.1) is 10.2 Å². The molecule has 0 saturated heterocycles. The van der Waals surface area contributed by atoms with Gasteiger partial charge in [-0.25, -0.2) is 0 Å². The van der Waals surface area contributed by atoms with Crippen LogP contribution in [0.4, 0.5) is 17.2 Å². The van der Waals surface area contributed by atoms with E-state index in [0.717, 1.165) is 12.8 Å². The minimum atomic E-state index is -3.51. The van der Waals surface area contributed by atoms with E-state index in [1.54, 1.807) is 23.5 Å². The van der Waals surface area contributed by atoms with Crippen LogP contribution in [-0.4, -0.2) is 65.8 Å². The number of amides is 2. The Kier molecular flexibility index (Phi) is 6.79. The van der Waals surface area contributed by atoms with Crippen LogP contribution in [0, 0.1) is 5.92 Å². The second-order valence-corrected chi connectivity index (χ2v) is 8.84. The van der Waals surface area contributed by atoms with Gasteiger partial charge < -0.3 is 40.3 Å². The van der Waals surface area contributed by atoms with E-state index in [-0.39, 0.29) is 46.5 Å². The van der Waals surface area contributed by atoms with Crippen LogP contribution in [0.3, 0.4) is 0 Å². The average Bonchev–Trinajstić information content (AvgIpc) is 3.53. The van der Waals surface area contributed by atoms with Gasteiger partial charge in [0.15, 0.2) is 17.3 Å². The molecule has 0 unspecified atom stereocenters. The van der Waals surface area contributed by atoms with Crippen molar-refractivity contribution in [2.24, 2.45) is 5.92 Å². The molecular formula is C22H25N7O8. The van der Waals surface area contributed by atoms with Crippen LogP contribution >= 0.6 is 0 Å². The van der Waals surface area contributed by atoms with Crippen LogP contribution in [0.25, 0.3) is 11.5 Å². The second kappa shape index (κ2) is 9.70. The van der Waals surface area contributed by atoms with Gasteiger partial charge in [0.2, 0.25) is 11.7 Å². The summed E-state index contributed by atoms with van der Waals surface area (Å²) in [6, 6.07) is 6.15. The van der Waals surface area contributed by atoms with Crippen molar-refractivity contribution in [3.63, 3.8) is 0 Å². The molecule has 37 heavy (non-hydrogen) atoms. The summed E-state index contributed by atoms with van der Waals surface area (Å²) in [6.07, 6.45) is -2.00. The van der Waals surface area contributed by atoms with Gasteiger partial charge in [0.05, 0.1) is 24.0 Å². The molecule has 2 amide bonds. The number of aromatic nitrogens is 4. The molecule has 0 aliphatic heterocycles. The van der Waals surface area contributed by atoms with E-state index in [1.165, 1.54) is 27.0 Å². The highest BCUT2D eigenvalue weighted by atomic mass is 16.7. The molecule has 15 heteroatoms. The van der Waals surface area contributed by atoms with Crippen LogP contribution in [-0.2, 0) is 10.4 Å². The Hall–Kier alpha value is -4.18. The third-order valence-corrected chi connectivity index (χ3v) is 5.18. The fourth-order valence-corrected chi connectivity index (χ4v) is 3.25. The van der Waals surface area contributed by atoms with Crippen molar-refractivity contribution in [1.82, 2.24) is 25.7 Å². The zero-order valence-corrected chi connectivity index (χ0v) is 20.0. The van der Waals surface area contributed by atoms with Crippen LogP contribution < -0.4 is 20.7 Å². The Balaban J connectivity index is 1.72. The summed E-state index contributed by atoms with van der Waals surface area (Å²) < 4.78 is 10.8. The van der Waals surface area contributed by atoms with Crippen LogP contribution in [0.15, 0.2) is 28.8 Å². The van der Waals surface area contributed by atoms with E-state index < -0.39 is 23.3 Å². The third kappa shape index (κ3) is 6.15. The number of nitrogens with zero attached hydrogens (tertiary/aromatic N) is 4. The van der Waals surface area contributed by atoms with Gasteiger partial charge in [-0.3, -0.25) is 14.9 Å². The molecule has 1 fully saturated rings. The van der Waals surface area contributed by atoms with Gasteiger partial charge in [0, 0.05) is 12.0 Å². The maximum atomic E-state index is 12.6. The maximum absolute atomic E-state index is 12.6. The minimum Gasteiger partial charge on any atom is -0.494 e. The van der Waals surface area contributed by atoms with E-state index in [9.17, 15) is 14.7 Å². The quantitative estimate of drug-likeness (QED) is 0.189. The molecule has 1 aliphatic rings. The fourth-order valence-electron chi connectivity index (χ4n) is 3.25. The standard InChI is InChI=1S/C22H25N7O8/c1-21(2,32)20-25-19(37-29-20)11-5-4-6-12(16(11)36-3)23-13-9-14(24-17(30)10-7-8-10)27-28-15(13)18(31)26-22(33,34)35/h4-6,9-10,32-35H,7-8H2,1-3H3,(H,26,31)(H2,23,24,27,30).